The van der Waals surface area contributed by atoms with E-state index in [1.807, 2.05) is 0 Å². The zero-order valence-electron chi connectivity index (χ0n) is 13.6. The van der Waals surface area contributed by atoms with E-state index in [1.54, 1.807) is 6.92 Å². The Morgan fingerprint density at radius 3 is 2.33 bits per heavy atom. The molecule has 0 spiro atoms. The summed E-state index contributed by atoms with van der Waals surface area (Å²) >= 11 is 0. The van der Waals surface area contributed by atoms with Gasteiger partial charge in [0, 0.05) is 0 Å². The Balaban J connectivity index is 2.56. The van der Waals surface area contributed by atoms with Crippen LogP contribution in [0.15, 0.2) is 18.2 Å². The van der Waals surface area contributed by atoms with Crippen molar-refractivity contribution in [1.82, 2.24) is 0 Å². The van der Waals surface area contributed by atoms with Gasteiger partial charge in [-0.25, -0.2) is 13.2 Å². The molecule has 9 heteroatoms. The summed E-state index contributed by atoms with van der Waals surface area (Å²) < 4.78 is 69.1. The third-order valence-electron chi connectivity index (χ3n) is 3.34. The zero-order valence-corrected chi connectivity index (χ0v) is 14.5. The van der Waals surface area contributed by atoms with E-state index in [0.29, 0.717) is 9.87 Å². The van der Waals surface area contributed by atoms with E-state index < -0.39 is 39.6 Å². The highest BCUT2D eigenvalue weighted by molar-refractivity contribution is 7.94. The molecule has 1 heterocycles. The van der Waals surface area contributed by atoms with Gasteiger partial charge in [-0.1, -0.05) is 17.7 Å². The van der Waals surface area contributed by atoms with E-state index in [0.717, 1.165) is 0 Å². The van der Waals surface area contributed by atoms with Crippen LogP contribution in [0.2, 0.25) is 0 Å². The number of hydrogen-bond donors (Lipinski definition) is 0. The van der Waals surface area contributed by atoms with Crippen molar-refractivity contribution in [2.45, 2.75) is 51.1 Å². The van der Waals surface area contributed by atoms with Crippen molar-refractivity contribution < 1.29 is 31.1 Å². The van der Waals surface area contributed by atoms with Gasteiger partial charge in [0.2, 0.25) is 0 Å². The van der Waals surface area contributed by atoms with E-state index in [4.69, 9.17) is 4.74 Å². The maximum absolute atomic E-state index is 12.8. The fraction of sp³-hybridized carbons (Fsp3) is 0.533. The smallest absolute Gasteiger partial charge is 0.428 e. The molecule has 0 saturated heterocycles. The lowest BCUT2D eigenvalue weighted by Gasteiger charge is -2.24. The van der Waals surface area contributed by atoms with Crippen LogP contribution in [0.5, 0.6) is 0 Å². The molecule has 0 bridgehead atoms. The average molecular weight is 365 g/mol. The van der Waals surface area contributed by atoms with Crippen LogP contribution in [-0.4, -0.2) is 26.3 Å². The lowest BCUT2D eigenvalue weighted by molar-refractivity contribution is -0.134. The molecule has 1 aliphatic rings. The number of hydrogen-bond acceptors (Lipinski definition) is 4. The van der Waals surface area contributed by atoms with Gasteiger partial charge in [0.05, 0.1) is 12.1 Å². The first-order valence-electron chi connectivity index (χ1n) is 7.17. The molecule has 1 unspecified atom stereocenters. The Bertz CT molecular complexity index is 766. The van der Waals surface area contributed by atoms with Gasteiger partial charge in [-0.3, -0.25) is 0 Å². The zero-order chi connectivity index (χ0) is 18.5. The molecule has 2 rings (SSSR count). The minimum Gasteiger partial charge on any atom is -0.443 e. The minimum absolute atomic E-state index is 0.0433. The number of carbonyl (C=O) groups is 1. The van der Waals surface area contributed by atoms with Crippen LogP contribution in [-0.2, 0) is 14.8 Å². The number of anilines is 1. The monoisotopic (exact) mass is 365 g/mol. The van der Waals surface area contributed by atoms with Crippen LogP contribution in [0, 0.1) is 6.92 Å². The molecule has 0 N–H and O–H groups in total. The average Bonchev–Trinajstić information content (AvgIpc) is 2.54. The number of ether oxygens (including phenoxy) is 1. The van der Waals surface area contributed by atoms with Crippen LogP contribution in [0.1, 0.15) is 43.6 Å². The highest BCUT2D eigenvalue weighted by Crippen LogP contribution is 2.48. The van der Waals surface area contributed by atoms with Gasteiger partial charge in [0.25, 0.3) is 10.0 Å². The lowest BCUT2D eigenvalue weighted by atomic mass is 10.0. The highest BCUT2D eigenvalue weighted by atomic mass is 32.2. The summed E-state index contributed by atoms with van der Waals surface area (Å²) in [6.07, 6.45) is -7.47. The minimum atomic E-state index is -4.69. The number of sulfonamides is 1. The fourth-order valence-electron chi connectivity index (χ4n) is 2.47. The number of benzene rings is 1. The largest absolute Gasteiger partial charge is 0.443 e. The summed E-state index contributed by atoms with van der Waals surface area (Å²) in [7, 11) is -4.57. The summed E-state index contributed by atoms with van der Waals surface area (Å²) in [6, 6.07) is 4.21. The highest BCUT2D eigenvalue weighted by Gasteiger charge is 2.51. The molecule has 1 amide bonds. The number of rotatable bonds is 1. The van der Waals surface area contributed by atoms with Crippen molar-refractivity contribution >= 4 is 21.8 Å². The van der Waals surface area contributed by atoms with Crippen molar-refractivity contribution in [2.75, 3.05) is 4.31 Å². The van der Waals surface area contributed by atoms with Crippen molar-refractivity contribution in [3.05, 3.63) is 29.3 Å². The molecule has 24 heavy (non-hydrogen) atoms. The normalized spacial score (nSPS) is 20.0. The van der Waals surface area contributed by atoms with Gasteiger partial charge in [0.15, 0.2) is 0 Å². The van der Waals surface area contributed by atoms with Gasteiger partial charge in [-0.05, 0) is 39.3 Å². The molecule has 0 aromatic heterocycles. The quantitative estimate of drug-likeness (QED) is 0.752. The van der Waals surface area contributed by atoms with E-state index >= 15 is 0 Å². The molecule has 1 aliphatic heterocycles. The summed E-state index contributed by atoms with van der Waals surface area (Å²) in [4.78, 5) is 12.3. The van der Waals surface area contributed by atoms with Crippen LogP contribution in [0.25, 0.3) is 0 Å². The number of amides is 1. The number of alkyl halides is 3. The molecule has 0 saturated carbocycles. The first-order valence-corrected chi connectivity index (χ1v) is 8.67. The Kier molecular flexibility index (Phi) is 4.37. The Morgan fingerprint density at radius 2 is 1.83 bits per heavy atom. The van der Waals surface area contributed by atoms with Gasteiger partial charge < -0.3 is 4.74 Å². The third kappa shape index (κ3) is 3.66. The van der Waals surface area contributed by atoms with Crippen molar-refractivity contribution in [1.29, 1.82) is 0 Å². The summed E-state index contributed by atoms with van der Waals surface area (Å²) in [5, 5.41) is -1.86. The third-order valence-corrected chi connectivity index (χ3v) is 5.33. The van der Waals surface area contributed by atoms with Crippen molar-refractivity contribution in [2.24, 2.45) is 0 Å². The fourth-order valence-corrected chi connectivity index (χ4v) is 4.32. The molecule has 0 fully saturated rings. The second-order valence-electron chi connectivity index (χ2n) is 6.66. The van der Waals surface area contributed by atoms with Crippen molar-refractivity contribution in [3.63, 3.8) is 0 Å². The number of nitrogens with zero attached hydrogens (tertiary/aromatic N) is 1. The lowest BCUT2D eigenvalue weighted by Crippen LogP contribution is -2.39. The van der Waals surface area contributed by atoms with Crippen LogP contribution in [0.4, 0.5) is 23.7 Å². The number of aryl methyl sites for hydroxylation is 1. The van der Waals surface area contributed by atoms with Gasteiger partial charge in [0.1, 0.15) is 10.9 Å². The molecule has 0 aliphatic carbocycles. The molecule has 134 valence electrons. The topological polar surface area (TPSA) is 63.7 Å². The molecule has 1 atom stereocenters. The number of halogens is 3. The Labute approximate surface area is 138 Å². The van der Waals surface area contributed by atoms with Gasteiger partial charge in [-0.15, -0.1) is 0 Å². The Morgan fingerprint density at radius 1 is 1.25 bits per heavy atom. The predicted molar refractivity (Wildman–Crippen MR) is 82.2 cm³/mol. The number of fused-ring (bicyclic) bond motifs is 1. The van der Waals surface area contributed by atoms with E-state index in [2.05, 4.69) is 0 Å². The summed E-state index contributed by atoms with van der Waals surface area (Å²) in [5.41, 5.74) is -0.524. The molecule has 1 aromatic carbocycles. The maximum Gasteiger partial charge on any atom is 0.428 e. The maximum atomic E-state index is 12.8. The van der Waals surface area contributed by atoms with E-state index in [9.17, 15) is 26.4 Å². The van der Waals surface area contributed by atoms with Crippen LogP contribution in [0.3, 0.4) is 0 Å². The van der Waals surface area contributed by atoms with Crippen molar-refractivity contribution in [3.8, 4) is 0 Å². The molecule has 5 nitrogen and oxygen atoms in total. The first-order chi connectivity index (χ1) is 10.7. The molecule has 1 aromatic rings. The summed E-state index contributed by atoms with van der Waals surface area (Å²) in [6.45, 7) is 6.25. The van der Waals surface area contributed by atoms with E-state index in [1.165, 1.54) is 39.0 Å². The molecule has 0 radical (unpaired) electrons. The SMILES string of the molecule is Cc1ccc2c(c1)C(CC(F)(F)F)S(=O)(=O)N2C(=O)OC(C)(C)C. The molecular weight excluding hydrogens is 347 g/mol. The van der Waals surface area contributed by atoms with Gasteiger partial charge in [-0.2, -0.15) is 17.5 Å². The van der Waals surface area contributed by atoms with Crippen LogP contribution >= 0.6 is 0 Å². The van der Waals surface area contributed by atoms with Crippen LogP contribution < -0.4 is 4.31 Å². The first kappa shape index (κ1) is 18.6. The van der Waals surface area contributed by atoms with Gasteiger partial charge >= 0.3 is 12.3 Å². The molecular formula is C15H18F3NO4S. The van der Waals surface area contributed by atoms with E-state index in [-0.39, 0.29) is 11.3 Å². The second kappa shape index (κ2) is 5.65. The summed E-state index contributed by atoms with van der Waals surface area (Å²) in [5.74, 6) is 0. The number of carbonyl (C=O) groups excluding carboxylic acids is 1. The predicted octanol–water partition coefficient (Wildman–Crippen LogP) is 4.07. The standard InChI is InChI=1S/C15H18F3NO4S/c1-9-5-6-11-10(7-9)12(8-15(16,17)18)24(21,22)19(11)13(20)23-14(2,3)4/h5-7,12H,8H2,1-4H3. The Hall–Kier alpha value is -1.77. The second-order valence-corrected chi connectivity index (χ2v) is 8.62.